The van der Waals surface area contributed by atoms with Crippen molar-refractivity contribution in [2.45, 2.75) is 11.8 Å². The molecule has 4 nitrogen and oxygen atoms in total. The van der Waals surface area contributed by atoms with Crippen LogP contribution >= 0.6 is 0 Å². The van der Waals surface area contributed by atoms with E-state index in [1.165, 1.54) is 18.2 Å². The van der Waals surface area contributed by atoms with E-state index in [2.05, 4.69) is 0 Å². The number of hydrogen-bond donors (Lipinski definition) is 0. The largest absolute Gasteiger partial charge is 0.463 e. The van der Waals surface area contributed by atoms with E-state index in [9.17, 15) is 13.2 Å². The Hall–Kier alpha value is -1.62. The average molecular weight is 254 g/mol. The first-order chi connectivity index (χ1) is 7.93. The van der Waals surface area contributed by atoms with Crippen LogP contribution in [-0.4, -0.2) is 27.2 Å². The van der Waals surface area contributed by atoms with Crippen LogP contribution in [0.2, 0.25) is 0 Å². The normalized spacial score (nSPS) is 11.6. The minimum atomic E-state index is -3.18. The number of carbonyl (C=O) groups is 1. The highest BCUT2D eigenvalue weighted by Crippen LogP contribution is 2.11. The predicted molar refractivity (Wildman–Crippen MR) is 65.2 cm³/mol. The van der Waals surface area contributed by atoms with Crippen molar-refractivity contribution in [1.82, 2.24) is 0 Å². The molecule has 0 fully saturated rings. The monoisotopic (exact) mass is 254 g/mol. The van der Waals surface area contributed by atoms with Crippen LogP contribution < -0.4 is 0 Å². The molecule has 0 aliphatic carbocycles. The van der Waals surface area contributed by atoms with Crippen LogP contribution in [0.25, 0.3) is 6.08 Å². The third-order valence-electron chi connectivity index (χ3n) is 2.01. The topological polar surface area (TPSA) is 60.4 Å². The number of carbonyl (C=O) groups excluding carboxylic acids is 1. The first-order valence-electron chi connectivity index (χ1n) is 5.08. The van der Waals surface area contributed by atoms with Crippen LogP contribution in [-0.2, 0) is 19.4 Å². The Morgan fingerprint density at radius 2 is 1.88 bits per heavy atom. The third-order valence-corrected chi connectivity index (χ3v) is 3.14. The standard InChI is InChI=1S/C12H14O4S/c1-3-16-12(13)9-6-10-4-7-11(8-5-10)17(2,14)15/h4-9H,3H2,1-2H3. The van der Waals surface area contributed by atoms with Crippen LogP contribution in [0, 0.1) is 0 Å². The minimum Gasteiger partial charge on any atom is -0.463 e. The van der Waals surface area contributed by atoms with E-state index >= 15 is 0 Å². The van der Waals surface area contributed by atoms with E-state index in [0.717, 1.165) is 11.8 Å². The molecule has 1 aromatic carbocycles. The van der Waals surface area contributed by atoms with Crippen molar-refractivity contribution in [2.24, 2.45) is 0 Å². The maximum absolute atomic E-state index is 11.2. The van der Waals surface area contributed by atoms with Crippen LogP contribution in [0.4, 0.5) is 0 Å². The fourth-order valence-electron chi connectivity index (χ4n) is 1.18. The van der Waals surface area contributed by atoms with E-state index < -0.39 is 15.8 Å². The van der Waals surface area contributed by atoms with Gasteiger partial charge in [-0.25, -0.2) is 13.2 Å². The molecule has 0 N–H and O–H groups in total. The molecule has 0 saturated heterocycles. The molecule has 0 aliphatic heterocycles. The Balaban J connectivity index is 2.79. The lowest BCUT2D eigenvalue weighted by atomic mass is 10.2. The summed E-state index contributed by atoms with van der Waals surface area (Å²) >= 11 is 0. The van der Waals surface area contributed by atoms with Gasteiger partial charge >= 0.3 is 5.97 Å². The van der Waals surface area contributed by atoms with Crippen molar-refractivity contribution in [3.8, 4) is 0 Å². The molecule has 0 bridgehead atoms. The lowest BCUT2D eigenvalue weighted by molar-refractivity contribution is -0.137. The van der Waals surface area contributed by atoms with E-state index in [-0.39, 0.29) is 4.90 Å². The molecule has 0 unspecified atom stereocenters. The van der Waals surface area contributed by atoms with E-state index in [4.69, 9.17) is 4.74 Å². The average Bonchev–Trinajstić information content (AvgIpc) is 2.26. The lowest BCUT2D eigenvalue weighted by Crippen LogP contribution is -1.98. The van der Waals surface area contributed by atoms with Gasteiger partial charge in [0.1, 0.15) is 0 Å². The molecule has 0 saturated carbocycles. The van der Waals surface area contributed by atoms with Crippen molar-refractivity contribution in [2.75, 3.05) is 12.9 Å². The fourth-order valence-corrected chi connectivity index (χ4v) is 1.81. The number of benzene rings is 1. The second-order valence-corrected chi connectivity index (χ2v) is 5.44. The van der Waals surface area contributed by atoms with E-state index in [1.807, 2.05) is 0 Å². The quantitative estimate of drug-likeness (QED) is 0.605. The Morgan fingerprint density at radius 1 is 1.29 bits per heavy atom. The number of rotatable bonds is 4. The molecule has 5 heteroatoms. The molecule has 0 spiro atoms. The van der Waals surface area contributed by atoms with Crippen LogP contribution in [0.1, 0.15) is 12.5 Å². The first-order valence-corrected chi connectivity index (χ1v) is 6.97. The van der Waals surface area contributed by atoms with Gasteiger partial charge in [0.2, 0.25) is 0 Å². The van der Waals surface area contributed by atoms with Crippen LogP contribution in [0.3, 0.4) is 0 Å². The summed E-state index contributed by atoms with van der Waals surface area (Å²) in [6.45, 7) is 2.06. The second-order valence-electron chi connectivity index (χ2n) is 3.43. The van der Waals surface area contributed by atoms with Crippen molar-refractivity contribution in [3.63, 3.8) is 0 Å². The predicted octanol–water partition coefficient (Wildman–Crippen LogP) is 1.67. The molecule has 17 heavy (non-hydrogen) atoms. The third kappa shape index (κ3) is 4.40. The molecule has 1 aromatic rings. The molecule has 0 aliphatic rings. The van der Waals surface area contributed by atoms with Gasteiger partial charge in [0.15, 0.2) is 9.84 Å². The van der Waals surface area contributed by atoms with Gasteiger partial charge in [0.25, 0.3) is 0 Å². The van der Waals surface area contributed by atoms with Gasteiger partial charge in [-0.05, 0) is 30.7 Å². The van der Waals surface area contributed by atoms with Gasteiger partial charge in [0.05, 0.1) is 11.5 Å². The zero-order valence-electron chi connectivity index (χ0n) is 9.71. The Labute approximate surface area is 101 Å². The summed E-state index contributed by atoms with van der Waals surface area (Å²) in [6, 6.07) is 6.26. The smallest absolute Gasteiger partial charge is 0.330 e. The fraction of sp³-hybridized carbons (Fsp3) is 0.250. The molecule has 0 atom stereocenters. The van der Waals surface area contributed by atoms with Gasteiger partial charge in [-0.2, -0.15) is 0 Å². The number of hydrogen-bond acceptors (Lipinski definition) is 4. The highest BCUT2D eigenvalue weighted by atomic mass is 32.2. The van der Waals surface area contributed by atoms with Crippen molar-refractivity contribution in [1.29, 1.82) is 0 Å². The SMILES string of the molecule is CCOC(=O)C=Cc1ccc(S(C)(=O)=O)cc1. The van der Waals surface area contributed by atoms with Gasteiger partial charge in [-0.1, -0.05) is 12.1 Å². The number of ether oxygens (including phenoxy) is 1. The zero-order chi connectivity index (χ0) is 12.9. The summed E-state index contributed by atoms with van der Waals surface area (Å²) in [5.41, 5.74) is 0.741. The van der Waals surface area contributed by atoms with Crippen molar-refractivity contribution < 1.29 is 17.9 Å². The molecule has 0 heterocycles. The molecular weight excluding hydrogens is 240 g/mol. The number of sulfone groups is 1. The van der Waals surface area contributed by atoms with Gasteiger partial charge < -0.3 is 4.74 Å². The van der Waals surface area contributed by atoms with Crippen molar-refractivity contribution >= 4 is 21.9 Å². The molecule has 0 aromatic heterocycles. The summed E-state index contributed by atoms with van der Waals surface area (Å²) < 4.78 is 27.1. The van der Waals surface area contributed by atoms with E-state index in [1.54, 1.807) is 25.1 Å². The zero-order valence-corrected chi connectivity index (χ0v) is 10.5. The van der Waals surface area contributed by atoms with E-state index in [0.29, 0.717) is 6.61 Å². The summed E-state index contributed by atoms with van der Waals surface area (Å²) in [4.78, 5) is 11.3. The molecule has 92 valence electrons. The molecular formula is C12H14O4S. The minimum absolute atomic E-state index is 0.255. The summed E-state index contributed by atoms with van der Waals surface area (Å²) in [6.07, 6.45) is 4.03. The van der Waals surface area contributed by atoms with Gasteiger partial charge in [-0.3, -0.25) is 0 Å². The maximum Gasteiger partial charge on any atom is 0.330 e. The summed E-state index contributed by atoms with van der Waals surface area (Å²) in [5, 5.41) is 0. The highest BCUT2D eigenvalue weighted by Gasteiger charge is 2.05. The molecule has 0 amide bonds. The Bertz CT molecular complexity index is 512. The summed E-state index contributed by atoms with van der Waals surface area (Å²) in [7, 11) is -3.18. The van der Waals surface area contributed by atoms with Crippen LogP contribution in [0.15, 0.2) is 35.2 Å². The maximum atomic E-state index is 11.2. The van der Waals surface area contributed by atoms with Crippen molar-refractivity contribution in [3.05, 3.63) is 35.9 Å². The first kappa shape index (κ1) is 13.4. The second kappa shape index (κ2) is 5.63. The summed E-state index contributed by atoms with van der Waals surface area (Å²) in [5.74, 6) is -0.417. The highest BCUT2D eigenvalue weighted by molar-refractivity contribution is 7.90. The van der Waals surface area contributed by atoms with Gasteiger partial charge in [-0.15, -0.1) is 0 Å². The van der Waals surface area contributed by atoms with Crippen LogP contribution in [0.5, 0.6) is 0 Å². The Morgan fingerprint density at radius 3 is 2.35 bits per heavy atom. The molecule has 0 radical (unpaired) electrons. The lowest BCUT2D eigenvalue weighted by Gasteiger charge is -1.99. The number of esters is 1. The van der Waals surface area contributed by atoms with Gasteiger partial charge in [0, 0.05) is 12.3 Å². The Kier molecular flexibility index (Phi) is 4.45. The molecule has 1 rings (SSSR count).